The third-order valence-electron chi connectivity index (χ3n) is 4.65. The molecule has 6 nitrogen and oxygen atoms in total. The summed E-state index contributed by atoms with van der Waals surface area (Å²) in [6, 6.07) is 13.2. The van der Waals surface area contributed by atoms with Crippen LogP contribution in [-0.4, -0.2) is 27.9 Å². The lowest BCUT2D eigenvalue weighted by Crippen LogP contribution is -2.09. The Hall–Kier alpha value is -3.85. The van der Waals surface area contributed by atoms with Crippen molar-refractivity contribution in [1.29, 1.82) is 0 Å². The first-order chi connectivity index (χ1) is 14.8. The smallest absolute Gasteiger partial charge is 0.169 e. The standard InChI is InChI=1S/C17H12N2O.C8H14N2O/c1-13-5-6-14(12-20)10-15(13)7-8-16-11-18-17-4-2-3-9-19(16)17;1-8(2,3)6-5-7(9-4)10-11-6/h2-6,9-12H,1H3;5H,1-4H3,(H,9,10). The second kappa shape index (κ2) is 9.31. The molecule has 0 saturated carbocycles. The van der Waals surface area contributed by atoms with Gasteiger partial charge in [-0.25, -0.2) is 4.98 Å². The summed E-state index contributed by atoms with van der Waals surface area (Å²) in [5.74, 6) is 7.91. The van der Waals surface area contributed by atoms with Crippen LogP contribution in [0.5, 0.6) is 0 Å². The Morgan fingerprint density at radius 1 is 1.13 bits per heavy atom. The quantitative estimate of drug-likeness (QED) is 0.374. The van der Waals surface area contributed by atoms with E-state index in [4.69, 9.17) is 4.52 Å². The summed E-state index contributed by atoms with van der Waals surface area (Å²) in [4.78, 5) is 15.1. The molecule has 1 aromatic carbocycles. The molecule has 0 saturated heterocycles. The first kappa shape index (κ1) is 21.8. The van der Waals surface area contributed by atoms with Gasteiger partial charge in [0.05, 0.1) is 6.20 Å². The van der Waals surface area contributed by atoms with E-state index in [1.807, 2.05) is 54.9 Å². The van der Waals surface area contributed by atoms with Gasteiger partial charge in [0.15, 0.2) is 5.82 Å². The van der Waals surface area contributed by atoms with E-state index in [9.17, 15) is 4.79 Å². The fourth-order valence-electron chi connectivity index (χ4n) is 2.75. The maximum Gasteiger partial charge on any atom is 0.169 e. The van der Waals surface area contributed by atoms with Gasteiger partial charge < -0.3 is 9.84 Å². The van der Waals surface area contributed by atoms with E-state index in [-0.39, 0.29) is 5.41 Å². The monoisotopic (exact) mass is 414 g/mol. The Morgan fingerprint density at radius 2 is 1.94 bits per heavy atom. The largest absolute Gasteiger partial charge is 0.370 e. The molecule has 0 atom stereocenters. The van der Waals surface area contributed by atoms with Crippen molar-refractivity contribution in [2.45, 2.75) is 33.1 Å². The number of carbonyl (C=O) groups is 1. The molecule has 0 amide bonds. The highest BCUT2D eigenvalue weighted by molar-refractivity contribution is 5.76. The summed E-state index contributed by atoms with van der Waals surface area (Å²) in [6.07, 6.45) is 4.52. The molecule has 0 radical (unpaired) electrons. The van der Waals surface area contributed by atoms with Crippen molar-refractivity contribution >= 4 is 17.8 Å². The van der Waals surface area contributed by atoms with Crippen LogP contribution in [0, 0.1) is 18.8 Å². The maximum atomic E-state index is 10.8. The number of aromatic nitrogens is 3. The molecule has 0 aliphatic rings. The number of nitrogens with zero attached hydrogens (tertiary/aromatic N) is 3. The van der Waals surface area contributed by atoms with Gasteiger partial charge in [0.2, 0.25) is 0 Å². The fraction of sp³-hybridized carbons (Fsp3) is 0.240. The van der Waals surface area contributed by atoms with Crippen molar-refractivity contribution in [3.63, 3.8) is 0 Å². The minimum absolute atomic E-state index is 0.0437. The van der Waals surface area contributed by atoms with Gasteiger partial charge in [-0.05, 0) is 36.6 Å². The van der Waals surface area contributed by atoms with Gasteiger partial charge in [0.1, 0.15) is 23.4 Å². The topological polar surface area (TPSA) is 72.4 Å². The number of pyridine rings is 1. The first-order valence-corrected chi connectivity index (χ1v) is 9.96. The van der Waals surface area contributed by atoms with Crippen molar-refractivity contribution in [3.8, 4) is 11.8 Å². The van der Waals surface area contributed by atoms with E-state index in [0.717, 1.165) is 40.3 Å². The van der Waals surface area contributed by atoms with Gasteiger partial charge in [-0.15, -0.1) is 0 Å². The molecule has 0 spiro atoms. The van der Waals surface area contributed by atoms with Crippen molar-refractivity contribution in [3.05, 3.63) is 83.0 Å². The van der Waals surface area contributed by atoms with Crippen molar-refractivity contribution in [2.75, 3.05) is 12.4 Å². The summed E-state index contributed by atoms with van der Waals surface area (Å²) in [7, 11) is 1.82. The number of anilines is 1. The number of hydrogen-bond acceptors (Lipinski definition) is 5. The molecule has 4 aromatic rings. The highest BCUT2D eigenvalue weighted by Crippen LogP contribution is 2.23. The van der Waals surface area contributed by atoms with Crippen LogP contribution in [0.1, 0.15) is 53.7 Å². The molecular weight excluding hydrogens is 388 g/mol. The zero-order chi connectivity index (χ0) is 22.4. The summed E-state index contributed by atoms with van der Waals surface area (Å²) in [5, 5.41) is 6.73. The molecule has 6 heteroatoms. The molecule has 0 bridgehead atoms. The van der Waals surface area contributed by atoms with Crippen LogP contribution in [0.2, 0.25) is 0 Å². The lowest BCUT2D eigenvalue weighted by molar-refractivity contribution is 0.112. The predicted octanol–water partition coefficient (Wildman–Crippen LogP) is 4.87. The number of fused-ring (bicyclic) bond motifs is 1. The van der Waals surface area contributed by atoms with E-state index in [2.05, 4.69) is 48.1 Å². The van der Waals surface area contributed by atoms with Gasteiger partial charge in [-0.1, -0.05) is 50.0 Å². The Labute approximate surface area is 182 Å². The second-order valence-electron chi connectivity index (χ2n) is 8.09. The maximum absolute atomic E-state index is 10.8. The normalized spacial score (nSPS) is 10.6. The lowest BCUT2D eigenvalue weighted by Gasteiger charge is -2.11. The van der Waals surface area contributed by atoms with Crippen LogP contribution in [-0.2, 0) is 5.41 Å². The second-order valence-corrected chi connectivity index (χ2v) is 8.09. The molecule has 0 aliphatic heterocycles. The average molecular weight is 415 g/mol. The lowest BCUT2D eigenvalue weighted by atomic mass is 9.93. The molecule has 4 rings (SSSR count). The SMILES string of the molecule is CNc1cc(C(C)(C)C)on1.Cc1ccc(C=O)cc1C#Cc1cnc2ccccn12. The number of aryl methyl sites for hydroxylation is 1. The molecule has 31 heavy (non-hydrogen) atoms. The van der Waals surface area contributed by atoms with Crippen LogP contribution in [0.25, 0.3) is 5.65 Å². The van der Waals surface area contributed by atoms with Crippen LogP contribution < -0.4 is 5.32 Å². The van der Waals surface area contributed by atoms with E-state index in [0.29, 0.717) is 5.56 Å². The van der Waals surface area contributed by atoms with E-state index < -0.39 is 0 Å². The third kappa shape index (κ3) is 5.40. The number of benzene rings is 1. The van der Waals surface area contributed by atoms with Crippen LogP contribution in [0.4, 0.5) is 5.82 Å². The molecule has 0 unspecified atom stereocenters. The number of nitrogens with one attached hydrogen (secondary N) is 1. The zero-order valence-electron chi connectivity index (χ0n) is 18.4. The number of carbonyl (C=O) groups excluding carboxylic acids is 1. The van der Waals surface area contributed by atoms with Crippen LogP contribution in [0.3, 0.4) is 0 Å². The highest BCUT2D eigenvalue weighted by atomic mass is 16.5. The van der Waals surface area contributed by atoms with Gasteiger partial charge >= 0.3 is 0 Å². The van der Waals surface area contributed by atoms with E-state index >= 15 is 0 Å². The van der Waals surface area contributed by atoms with Crippen molar-refractivity contribution < 1.29 is 9.32 Å². The molecule has 0 fully saturated rings. The number of aldehydes is 1. The highest BCUT2D eigenvalue weighted by Gasteiger charge is 2.19. The predicted molar refractivity (Wildman–Crippen MR) is 122 cm³/mol. The number of imidazole rings is 1. The van der Waals surface area contributed by atoms with Crippen LogP contribution in [0.15, 0.2) is 59.4 Å². The number of hydrogen-bond donors (Lipinski definition) is 1. The van der Waals surface area contributed by atoms with Gasteiger partial charge in [0, 0.05) is 35.9 Å². The Bertz CT molecular complexity index is 1250. The van der Waals surface area contributed by atoms with Crippen molar-refractivity contribution in [2.24, 2.45) is 0 Å². The number of rotatable bonds is 2. The van der Waals surface area contributed by atoms with Crippen LogP contribution >= 0.6 is 0 Å². The third-order valence-corrected chi connectivity index (χ3v) is 4.65. The Kier molecular flexibility index (Phi) is 6.56. The molecule has 0 aliphatic carbocycles. The molecule has 3 heterocycles. The fourth-order valence-corrected chi connectivity index (χ4v) is 2.75. The summed E-state index contributed by atoms with van der Waals surface area (Å²) < 4.78 is 7.04. The minimum atomic E-state index is 0.0437. The molecule has 1 N–H and O–H groups in total. The zero-order valence-corrected chi connectivity index (χ0v) is 18.4. The van der Waals surface area contributed by atoms with E-state index in [1.54, 1.807) is 18.3 Å². The Morgan fingerprint density at radius 3 is 2.58 bits per heavy atom. The molecular formula is C25H26N4O2. The molecule has 3 aromatic heterocycles. The average Bonchev–Trinajstić information content (AvgIpc) is 3.41. The van der Waals surface area contributed by atoms with E-state index in [1.165, 1.54) is 0 Å². The molecule has 158 valence electrons. The first-order valence-electron chi connectivity index (χ1n) is 9.96. The minimum Gasteiger partial charge on any atom is -0.370 e. The summed E-state index contributed by atoms with van der Waals surface area (Å²) in [6.45, 7) is 8.25. The van der Waals surface area contributed by atoms with Crippen molar-refractivity contribution in [1.82, 2.24) is 14.5 Å². The summed E-state index contributed by atoms with van der Waals surface area (Å²) >= 11 is 0. The van der Waals surface area contributed by atoms with Gasteiger partial charge in [0.25, 0.3) is 0 Å². The Balaban J connectivity index is 0.000000210. The van der Waals surface area contributed by atoms with Gasteiger partial charge in [-0.3, -0.25) is 9.20 Å². The van der Waals surface area contributed by atoms with Gasteiger partial charge in [-0.2, -0.15) is 0 Å². The summed E-state index contributed by atoms with van der Waals surface area (Å²) in [5.41, 5.74) is 4.30.